The fraction of sp³-hybridized carbons (Fsp3) is 0.958. The molecule has 5 saturated heterocycles. The summed E-state index contributed by atoms with van der Waals surface area (Å²) in [5, 5.41) is 109. The SMILES string of the molecule is CC(C)=C[C@H]1C[C@](C)(O)[C@@H]2[C@H]3CC[C@@H]4[C@@]5(C)CC[C@H](O[C@@H]6O[C@H](CO)[C@@H](O)[C@H](O[C@@H]7O[C@H](CO)[C@@H](O)[C@H](O)[C@H]7O)[C@H]6O[C@@H]6O[C@@H](C)[C@H](O)[C@@H](O)[C@H]6O)C(C)(C)[C@@H]5CC[C@@]4(C)[C@@]34CO[C@@]2(C4)O1. The van der Waals surface area contributed by atoms with Crippen molar-refractivity contribution in [1.82, 2.24) is 0 Å². The minimum absolute atomic E-state index is 0.0990. The molecule has 10 N–H and O–H groups in total. The van der Waals surface area contributed by atoms with Gasteiger partial charge in [-0.25, -0.2) is 0 Å². The Bertz CT molecular complexity index is 1790. The Balaban J connectivity index is 0.996. The number of rotatable bonds is 9. The number of aliphatic hydroxyl groups excluding tert-OH is 9. The van der Waals surface area contributed by atoms with Crippen LogP contribution in [0.15, 0.2) is 11.6 Å². The average Bonchev–Trinajstić information content (AvgIpc) is 3.77. The van der Waals surface area contributed by atoms with E-state index in [1.807, 2.05) is 6.92 Å². The van der Waals surface area contributed by atoms with Crippen LogP contribution >= 0.6 is 0 Å². The van der Waals surface area contributed by atoms with Gasteiger partial charge in [0.1, 0.15) is 67.1 Å². The van der Waals surface area contributed by atoms with Crippen LogP contribution < -0.4 is 0 Å². The minimum Gasteiger partial charge on any atom is -0.394 e. The first kappa shape index (κ1) is 50.0. The van der Waals surface area contributed by atoms with Gasteiger partial charge in [-0.15, -0.1) is 0 Å². The van der Waals surface area contributed by atoms with Crippen molar-refractivity contribution in [2.45, 2.75) is 222 Å². The van der Waals surface area contributed by atoms with Gasteiger partial charge in [0.15, 0.2) is 24.7 Å². The van der Waals surface area contributed by atoms with Crippen LogP contribution in [0.4, 0.5) is 0 Å². The summed E-state index contributed by atoms with van der Waals surface area (Å²) < 4.78 is 51.2. The van der Waals surface area contributed by atoms with Gasteiger partial charge in [0, 0.05) is 24.2 Å². The second-order valence-electron chi connectivity index (χ2n) is 23.4. The summed E-state index contributed by atoms with van der Waals surface area (Å²) in [6.07, 6.45) is -15.6. The number of hydrogen-bond donors (Lipinski definition) is 10. The van der Waals surface area contributed by atoms with Gasteiger partial charge in [-0.1, -0.05) is 39.3 Å². The lowest BCUT2D eigenvalue weighted by molar-refractivity contribution is -0.398. The topological polar surface area (TPSA) is 276 Å². The molecule has 4 aliphatic carbocycles. The molecule has 0 aromatic heterocycles. The van der Waals surface area contributed by atoms with Crippen molar-refractivity contribution in [2.24, 2.45) is 45.3 Å². The Labute approximate surface area is 387 Å². The van der Waals surface area contributed by atoms with E-state index in [2.05, 4.69) is 47.6 Å². The summed E-state index contributed by atoms with van der Waals surface area (Å²) >= 11 is 0. The van der Waals surface area contributed by atoms with Crippen molar-refractivity contribution in [3.8, 4) is 0 Å². The van der Waals surface area contributed by atoms with E-state index in [0.29, 0.717) is 25.4 Å². The van der Waals surface area contributed by atoms with Crippen molar-refractivity contribution >= 4 is 0 Å². The zero-order valence-corrected chi connectivity index (χ0v) is 39.7. The number of aliphatic hydroxyl groups is 10. The third-order valence-corrected chi connectivity index (χ3v) is 19.1. The maximum atomic E-state index is 12.2. The molecule has 18 heteroatoms. The smallest absolute Gasteiger partial charge is 0.187 e. The molecule has 5 aliphatic heterocycles. The van der Waals surface area contributed by atoms with E-state index in [0.717, 1.165) is 44.1 Å². The molecule has 26 atom stereocenters. The van der Waals surface area contributed by atoms with Crippen LogP contribution in [0.25, 0.3) is 0 Å². The molecule has 0 unspecified atom stereocenters. The molecule has 18 nitrogen and oxygen atoms in total. The van der Waals surface area contributed by atoms with Gasteiger partial charge in [-0.3, -0.25) is 0 Å². The zero-order chi connectivity index (χ0) is 47.8. The first-order valence-electron chi connectivity index (χ1n) is 24.5. The van der Waals surface area contributed by atoms with Crippen LogP contribution in [-0.4, -0.2) is 187 Å². The lowest BCUT2D eigenvalue weighted by Crippen LogP contribution is -2.68. The van der Waals surface area contributed by atoms with E-state index in [1.165, 1.54) is 6.92 Å². The Kier molecular flexibility index (Phi) is 13.1. The van der Waals surface area contributed by atoms with Crippen LogP contribution in [0.5, 0.6) is 0 Å². The normalized spacial score (nSPS) is 57.6. The maximum absolute atomic E-state index is 12.2. The van der Waals surface area contributed by atoms with E-state index >= 15 is 0 Å². The Hall–Kier alpha value is -0.980. The van der Waals surface area contributed by atoms with Gasteiger partial charge in [-0.05, 0) is 100 Å². The second kappa shape index (κ2) is 17.4. The highest BCUT2D eigenvalue weighted by Gasteiger charge is 2.81. The van der Waals surface area contributed by atoms with Crippen LogP contribution in [0.2, 0.25) is 0 Å². The van der Waals surface area contributed by atoms with E-state index in [-0.39, 0.29) is 40.1 Å². The first-order chi connectivity index (χ1) is 30.9. The van der Waals surface area contributed by atoms with Crippen LogP contribution in [-0.2, 0) is 37.9 Å². The molecule has 0 aromatic rings. The molecule has 9 aliphatic rings. The predicted octanol–water partition coefficient (Wildman–Crippen LogP) is 0.355. The van der Waals surface area contributed by atoms with Gasteiger partial charge in [-0.2, -0.15) is 0 Å². The monoisotopic (exact) mass is 943 g/mol. The molecule has 9 fully saturated rings. The van der Waals surface area contributed by atoms with Gasteiger partial charge in [0.25, 0.3) is 0 Å². The molecule has 5 heterocycles. The van der Waals surface area contributed by atoms with Crippen molar-refractivity contribution in [3.63, 3.8) is 0 Å². The number of hydrogen-bond acceptors (Lipinski definition) is 18. The summed E-state index contributed by atoms with van der Waals surface area (Å²) in [6.45, 7) is 16.1. The molecule has 2 bridgehead atoms. The molecule has 378 valence electrons. The molecular formula is C48H78O18. The quantitative estimate of drug-likeness (QED) is 0.110. The van der Waals surface area contributed by atoms with Gasteiger partial charge >= 0.3 is 0 Å². The zero-order valence-electron chi connectivity index (χ0n) is 39.7. The maximum Gasteiger partial charge on any atom is 0.187 e. The standard InChI is InChI=1S/C48H78O18/c1-21(2)15-23-16-46(8,58)39-24-9-10-28-44(6)13-12-29(43(4,5)27(44)11-14-45(28,7)47(24)19-48(39,66-23)59-20-47)63-42-38(65-40-35(56)33(54)30(51)22(3)60-40)37(32(53)26(18-50)62-42)64-41-36(57)34(55)31(52)25(17-49)61-41/h15,22-42,49-58H,9-14,16-20H2,1-8H3/t22-,23-,24+,25+,26+,27-,28+,29-,30-,31+,32+,33+,34-,35+,36+,37-,38+,39-,40-,41-,42-,44-,45+,46-,47-,48-/m0/s1. The Morgan fingerprint density at radius 3 is 1.95 bits per heavy atom. The van der Waals surface area contributed by atoms with Gasteiger partial charge in [0.2, 0.25) is 0 Å². The summed E-state index contributed by atoms with van der Waals surface area (Å²) in [5.41, 5.74) is -0.685. The van der Waals surface area contributed by atoms with E-state index in [1.54, 1.807) is 0 Å². The summed E-state index contributed by atoms with van der Waals surface area (Å²) in [4.78, 5) is 0. The van der Waals surface area contributed by atoms with Crippen LogP contribution in [0.3, 0.4) is 0 Å². The molecule has 0 aromatic carbocycles. The summed E-state index contributed by atoms with van der Waals surface area (Å²) in [7, 11) is 0. The van der Waals surface area contributed by atoms with Crippen molar-refractivity contribution in [3.05, 3.63) is 11.6 Å². The number of ether oxygens (including phenoxy) is 8. The Morgan fingerprint density at radius 1 is 0.667 bits per heavy atom. The lowest BCUT2D eigenvalue weighted by Gasteiger charge is -2.70. The molecule has 9 rings (SSSR count). The second-order valence-corrected chi connectivity index (χ2v) is 23.4. The lowest BCUT2D eigenvalue weighted by atomic mass is 9.35. The highest BCUT2D eigenvalue weighted by molar-refractivity contribution is 5.26. The van der Waals surface area contributed by atoms with E-state index in [4.69, 9.17) is 37.9 Å². The third-order valence-electron chi connectivity index (χ3n) is 19.1. The van der Waals surface area contributed by atoms with Crippen molar-refractivity contribution in [2.75, 3.05) is 19.8 Å². The van der Waals surface area contributed by atoms with Gasteiger partial charge in [0.05, 0.1) is 43.7 Å². The largest absolute Gasteiger partial charge is 0.394 e. The summed E-state index contributed by atoms with van der Waals surface area (Å²) in [6, 6.07) is 0. The highest BCUT2D eigenvalue weighted by Crippen LogP contribution is 2.80. The van der Waals surface area contributed by atoms with Crippen LogP contribution in [0, 0.1) is 45.3 Å². The molecule has 2 spiro atoms. The van der Waals surface area contributed by atoms with Crippen molar-refractivity contribution in [1.29, 1.82) is 0 Å². The molecular weight excluding hydrogens is 865 g/mol. The molecule has 66 heavy (non-hydrogen) atoms. The highest BCUT2D eigenvalue weighted by atomic mass is 16.8. The van der Waals surface area contributed by atoms with E-state index < -0.39 is 128 Å². The predicted molar refractivity (Wildman–Crippen MR) is 229 cm³/mol. The first-order valence-corrected chi connectivity index (χ1v) is 24.5. The summed E-state index contributed by atoms with van der Waals surface area (Å²) in [5.74, 6) is -0.197. The van der Waals surface area contributed by atoms with Crippen LogP contribution in [0.1, 0.15) is 107 Å². The fourth-order valence-corrected chi connectivity index (χ4v) is 16.0. The average molecular weight is 943 g/mol. The van der Waals surface area contributed by atoms with Crippen molar-refractivity contribution < 1.29 is 89.0 Å². The Morgan fingerprint density at radius 2 is 1.29 bits per heavy atom. The molecule has 0 amide bonds. The fourth-order valence-electron chi connectivity index (χ4n) is 16.0. The number of allylic oxidation sites excluding steroid dienone is 1. The third kappa shape index (κ3) is 7.48. The van der Waals surface area contributed by atoms with Gasteiger partial charge < -0.3 is 89.0 Å². The number of fused-ring (bicyclic) bond motifs is 4. The van der Waals surface area contributed by atoms with E-state index in [9.17, 15) is 51.1 Å². The minimum atomic E-state index is -1.87. The molecule has 0 radical (unpaired) electrons. The molecule has 4 saturated carbocycles.